The Morgan fingerprint density at radius 3 is 2.52 bits per heavy atom. The Balaban J connectivity index is 1.99. The molecule has 0 saturated carbocycles. The van der Waals surface area contributed by atoms with Gasteiger partial charge in [0.05, 0.1) is 42.4 Å². The zero-order valence-corrected chi connectivity index (χ0v) is 16.3. The van der Waals surface area contributed by atoms with Crippen molar-refractivity contribution >= 4 is 27.8 Å². The third kappa shape index (κ3) is 5.73. The minimum atomic E-state index is -4.00. The molecule has 2 rings (SSSR count). The van der Waals surface area contributed by atoms with Crippen molar-refractivity contribution in [3.05, 3.63) is 58.1 Å². The maximum atomic E-state index is 12.3. The lowest BCUT2D eigenvalue weighted by Gasteiger charge is -2.10. The molecule has 0 atom stereocenters. The second kappa shape index (κ2) is 9.61. The third-order valence-electron chi connectivity index (χ3n) is 3.61. The topological polar surface area (TPSA) is 149 Å². The summed E-state index contributed by atoms with van der Waals surface area (Å²) in [4.78, 5) is 22.0. The van der Waals surface area contributed by atoms with Gasteiger partial charge in [0, 0.05) is 12.1 Å². The monoisotopic (exact) mass is 422 g/mol. The highest BCUT2D eigenvalue weighted by Gasteiger charge is 2.18. The lowest BCUT2D eigenvalue weighted by Crippen LogP contribution is -2.34. The van der Waals surface area contributed by atoms with E-state index in [2.05, 4.69) is 15.2 Å². The highest BCUT2D eigenvalue weighted by atomic mass is 32.2. The molecule has 154 valence electrons. The zero-order valence-electron chi connectivity index (χ0n) is 15.5. The number of methoxy groups -OCH3 is 2. The number of hydrogen-bond acceptors (Lipinski definition) is 8. The molecule has 0 aliphatic carbocycles. The number of nitro groups is 1. The van der Waals surface area contributed by atoms with Gasteiger partial charge >= 0.3 is 0 Å². The summed E-state index contributed by atoms with van der Waals surface area (Å²) in [6, 6.07) is 9.79. The van der Waals surface area contributed by atoms with Crippen molar-refractivity contribution in [1.82, 2.24) is 10.1 Å². The fourth-order valence-electron chi connectivity index (χ4n) is 2.20. The van der Waals surface area contributed by atoms with Gasteiger partial charge in [0.1, 0.15) is 0 Å². The summed E-state index contributed by atoms with van der Waals surface area (Å²) in [6.07, 6.45) is 1.10. The van der Waals surface area contributed by atoms with Gasteiger partial charge in [-0.2, -0.15) is 5.10 Å². The summed E-state index contributed by atoms with van der Waals surface area (Å²) < 4.78 is 36.9. The lowest BCUT2D eigenvalue weighted by atomic mass is 10.2. The Morgan fingerprint density at radius 1 is 1.17 bits per heavy atom. The molecule has 0 heterocycles. The van der Waals surface area contributed by atoms with Crippen molar-refractivity contribution in [2.75, 3.05) is 20.8 Å². The quantitative estimate of drug-likeness (QED) is 0.348. The number of hydrazone groups is 1. The highest BCUT2D eigenvalue weighted by molar-refractivity contribution is 7.89. The number of carbonyl (C=O) groups is 1. The summed E-state index contributed by atoms with van der Waals surface area (Å²) in [6.45, 7) is -0.592. The minimum absolute atomic E-state index is 0.119. The molecule has 1 amide bonds. The van der Waals surface area contributed by atoms with Crippen LogP contribution in [0.3, 0.4) is 0 Å². The molecule has 0 fully saturated rings. The number of nitrogens with zero attached hydrogens (tertiary/aromatic N) is 2. The predicted molar refractivity (Wildman–Crippen MR) is 104 cm³/mol. The number of sulfonamides is 1. The fraction of sp³-hybridized carbons (Fsp3) is 0.176. The van der Waals surface area contributed by atoms with Crippen LogP contribution in [-0.2, 0) is 14.8 Å². The maximum Gasteiger partial charge on any atom is 0.278 e. The van der Waals surface area contributed by atoms with Gasteiger partial charge in [-0.3, -0.25) is 14.9 Å². The Labute approximate surface area is 166 Å². The first-order chi connectivity index (χ1) is 13.8. The number of carbonyl (C=O) groups excluding carboxylic acids is 1. The Hall–Kier alpha value is -3.51. The number of ether oxygens (including phenoxy) is 2. The van der Waals surface area contributed by atoms with Crippen molar-refractivity contribution in [3.8, 4) is 11.5 Å². The molecule has 2 N–H and O–H groups in total. The Morgan fingerprint density at radius 2 is 1.86 bits per heavy atom. The van der Waals surface area contributed by atoms with Crippen LogP contribution in [0.2, 0.25) is 0 Å². The molecule has 12 heteroatoms. The van der Waals surface area contributed by atoms with Crippen LogP contribution in [-0.4, -0.2) is 46.2 Å². The van der Waals surface area contributed by atoms with Gasteiger partial charge in [0.2, 0.25) is 10.0 Å². The largest absolute Gasteiger partial charge is 0.493 e. The van der Waals surface area contributed by atoms with E-state index in [4.69, 9.17) is 9.47 Å². The molecule has 0 aliphatic heterocycles. The standard InChI is InChI=1S/C17H18N4O7S/c1-27-15-8-7-13(9-16(15)28-2)29(25,26)19-11-17(22)20-18-10-12-5-3-4-6-14(12)21(23)24/h3-10,19H,11H2,1-2H3,(H,20,22)/b18-10-. The van der Waals surface area contributed by atoms with Crippen LogP contribution in [0.1, 0.15) is 5.56 Å². The van der Waals surface area contributed by atoms with E-state index in [0.717, 1.165) is 6.21 Å². The molecular formula is C17H18N4O7S. The smallest absolute Gasteiger partial charge is 0.278 e. The normalized spacial score (nSPS) is 11.2. The van der Waals surface area contributed by atoms with Gasteiger partial charge in [0.25, 0.3) is 11.6 Å². The van der Waals surface area contributed by atoms with Crippen molar-refractivity contribution in [1.29, 1.82) is 0 Å². The molecule has 11 nitrogen and oxygen atoms in total. The average Bonchev–Trinajstić information content (AvgIpc) is 2.72. The number of amides is 1. The zero-order chi connectivity index (χ0) is 21.4. The van der Waals surface area contributed by atoms with E-state index < -0.39 is 27.4 Å². The first kappa shape index (κ1) is 21.8. The second-order valence-corrected chi connectivity index (χ2v) is 7.22. The number of benzene rings is 2. The van der Waals surface area contributed by atoms with Gasteiger partial charge in [-0.1, -0.05) is 12.1 Å². The third-order valence-corrected chi connectivity index (χ3v) is 5.01. The Kier molecular flexibility index (Phi) is 7.22. The minimum Gasteiger partial charge on any atom is -0.493 e. The number of nitro benzene ring substituents is 1. The van der Waals surface area contributed by atoms with E-state index in [1.165, 1.54) is 50.6 Å². The van der Waals surface area contributed by atoms with E-state index in [0.29, 0.717) is 5.75 Å². The van der Waals surface area contributed by atoms with Gasteiger partial charge in [-0.15, -0.1) is 0 Å². The molecule has 0 bridgehead atoms. The van der Waals surface area contributed by atoms with Crippen molar-refractivity contribution in [2.45, 2.75) is 4.90 Å². The molecule has 0 aromatic heterocycles. The lowest BCUT2D eigenvalue weighted by molar-refractivity contribution is -0.385. The van der Waals surface area contributed by atoms with Gasteiger partial charge < -0.3 is 9.47 Å². The second-order valence-electron chi connectivity index (χ2n) is 5.45. The van der Waals surface area contributed by atoms with Crippen LogP contribution in [0.25, 0.3) is 0 Å². The number of nitrogens with one attached hydrogen (secondary N) is 2. The molecule has 0 saturated heterocycles. The van der Waals surface area contributed by atoms with Crippen molar-refractivity contribution in [3.63, 3.8) is 0 Å². The molecule has 2 aromatic rings. The van der Waals surface area contributed by atoms with Crippen LogP contribution in [0, 0.1) is 10.1 Å². The number of rotatable bonds is 9. The number of para-hydroxylation sites is 1. The summed E-state index contributed by atoms with van der Waals surface area (Å²) >= 11 is 0. The van der Waals surface area contributed by atoms with Crippen LogP contribution < -0.4 is 19.6 Å². The maximum absolute atomic E-state index is 12.3. The van der Waals surface area contributed by atoms with Crippen LogP contribution in [0.5, 0.6) is 11.5 Å². The molecule has 0 spiro atoms. The van der Waals surface area contributed by atoms with Crippen molar-refractivity contribution in [2.24, 2.45) is 5.10 Å². The summed E-state index contributed by atoms with van der Waals surface area (Å²) in [5.74, 6) is -0.189. The molecule has 0 unspecified atom stereocenters. The van der Waals surface area contributed by atoms with E-state index in [9.17, 15) is 23.3 Å². The van der Waals surface area contributed by atoms with E-state index in [1.807, 2.05) is 0 Å². The molecule has 0 radical (unpaired) electrons. The molecule has 0 aliphatic rings. The summed E-state index contributed by atoms with van der Waals surface area (Å²) in [5.41, 5.74) is 2.10. The van der Waals surface area contributed by atoms with E-state index in [-0.39, 0.29) is 21.9 Å². The van der Waals surface area contributed by atoms with Gasteiger partial charge in [-0.05, 0) is 18.2 Å². The van der Waals surface area contributed by atoms with Crippen LogP contribution >= 0.6 is 0 Å². The fourth-order valence-corrected chi connectivity index (χ4v) is 3.20. The van der Waals surface area contributed by atoms with Crippen molar-refractivity contribution < 1.29 is 27.6 Å². The van der Waals surface area contributed by atoms with Gasteiger partial charge in [0.15, 0.2) is 11.5 Å². The summed E-state index contributed by atoms with van der Waals surface area (Å²) in [5, 5.41) is 14.5. The highest BCUT2D eigenvalue weighted by Crippen LogP contribution is 2.29. The van der Waals surface area contributed by atoms with Crippen LogP contribution in [0.4, 0.5) is 5.69 Å². The molecular weight excluding hydrogens is 404 g/mol. The molecule has 29 heavy (non-hydrogen) atoms. The average molecular weight is 422 g/mol. The van der Waals surface area contributed by atoms with E-state index in [1.54, 1.807) is 6.07 Å². The van der Waals surface area contributed by atoms with E-state index >= 15 is 0 Å². The van der Waals surface area contributed by atoms with Crippen LogP contribution in [0.15, 0.2) is 52.5 Å². The molecule has 2 aromatic carbocycles. The number of hydrogen-bond donors (Lipinski definition) is 2. The first-order valence-corrected chi connectivity index (χ1v) is 9.54. The first-order valence-electron chi connectivity index (χ1n) is 8.05. The Bertz CT molecular complexity index is 1040. The SMILES string of the molecule is COc1ccc(S(=O)(=O)NCC(=O)N/N=C\c2ccccc2[N+](=O)[O-])cc1OC. The van der Waals surface area contributed by atoms with Gasteiger partial charge in [-0.25, -0.2) is 18.6 Å². The summed E-state index contributed by atoms with van der Waals surface area (Å²) in [7, 11) is -1.21. The predicted octanol–water partition coefficient (Wildman–Crippen LogP) is 1.04.